The Morgan fingerprint density at radius 2 is 1.91 bits per heavy atom. The summed E-state index contributed by atoms with van der Waals surface area (Å²) in [6.07, 6.45) is 1.13. The molecule has 0 bridgehead atoms. The summed E-state index contributed by atoms with van der Waals surface area (Å²) in [5.41, 5.74) is -1.23. The van der Waals surface area contributed by atoms with Crippen LogP contribution in [0.2, 0.25) is 10.0 Å². The Bertz CT molecular complexity index is 1150. The van der Waals surface area contributed by atoms with Gasteiger partial charge in [0.2, 0.25) is 0 Å². The molecule has 3 saturated heterocycles. The Labute approximate surface area is 212 Å². The zero-order valence-corrected chi connectivity index (χ0v) is 20.6. The van der Waals surface area contributed by atoms with Crippen molar-refractivity contribution >= 4 is 34.8 Å². The van der Waals surface area contributed by atoms with Crippen LogP contribution in [0.4, 0.5) is 14.5 Å². The van der Waals surface area contributed by atoms with Crippen LogP contribution in [0.15, 0.2) is 36.4 Å². The fourth-order valence-corrected chi connectivity index (χ4v) is 5.92. The fourth-order valence-electron chi connectivity index (χ4n) is 5.41. The topological polar surface area (TPSA) is 67.3 Å². The van der Waals surface area contributed by atoms with Gasteiger partial charge in [-0.1, -0.05) is 35.3 Å². The fraction of sp³-hybridized carbons (Fsp3) is 0.480. The summed E-state index contributed by atoms with van der Waals surface area (Å²) >= 11 is 12.5. The maximum Gasteiger partial charge on any atom is 0.255 e. The Hall–Kier alpha value is -1.97. The number of anilines is 1. The number of halogens is 4. The van der Waals surface area contributed by atoms with Gasteiger partial charge in [-0.25, -0.2) is 8.78 Å². The lowest BCUT2D eigenvalue weighted by Gasteiger charge is -2.49. The van der Waals surface area contributed by atoms with Crippen LogP contribution in [0.1, 0.15) is 28.8 Å². The standard InChI is InChI=1S/C25H27Cl2F2N3O3/c26-19-10-16(4-5-20(19)28)25(35)7-6-17-11-30(8-9-31(17)14-25)23(34)18-2-1-3-21(22(18)27)32-12-24(29,13-32)15-33/h1-5,10,17,33,35H,6-9,11-15H2/t17-,25-/m1/s1. The minimum atomic E-state index is -1.64. The number of hydrogen-bond acceptors (Lipinski definition) is 5. The number of alkyl halides is 1. The molecule has 3 fully saturated rings. The van der Waals surface area contributed by atoms with Gasteiger partial charge in [0.15, 0.2) is 5.67 Å². The van der Waals surface area contributed by atoms with Gasteiger partial charge in [0.1, 0.15) is 11.4 Å². The van der Waals surface area contributed by atoms with Crippen molar-refractivity contribution in [2.45, 2.75) is 30.2 Å². The predicted octanol–water partition coefficient (Wildman–Crippen LogP) is 3.46. The molecule has 0 unspecified atom stereocenters. The number of carbonyl (C=O) groups excluding carboxylic acids is 1. The molecule has 2 atom stereocenters. The zero-order chi connectivity index (χ0) is 25.0. The maximum absolute atomic E-state index is 14.2. The number of fused-ring (bicyclic) bond motifs is 1. The zero-order valence-electron chi connectivity index (χ0n) is 19.1. The van der Waals surface area contributed by atoms with E-state index in [9.17, 15) is 23.8 Å². The Morgan fingerprint density at radius 1 is 1.14 bits per heavy atom. The summed E-state index contributed by atoms with van der Waals surface area (Å²) in [5, 5.41) is 20.7. The van der Waals surface area contributed by atoms with Gasteiger partial charge in [0.05, 0.1) is 41.0 Å². The van der Waals surface area contributed by atoms with Crippen molar-refractivity contribution in [1.82, 2.24) is 9.80 Å². The monoisotopic (exact) mass is 525 g/mol. The molecule has 0 radical (unpaired) electrons. The van der Waals surface area contributed by atoms with Crippen LogP contribution in [0, 0.1) is 5.82 Å². The van der Waals surface area contributed by atoms with E-state index in [-0.39, 0.29) is 35.1 Å². The maximum atomic E-state index is 14.2. The molecule has 3 aliphatic rings. The molecule has 188 valence electrons. The second-order valence-corrected chi connectivity index (χ2v) is 10.7. The summed E-state index contributed by atoms with van der Waals surface area (Å²) in [5.74, 6) is -0.703. The second kappa shape index (κ2) is 9.16. The van der Waals surface area contributed by atoms with E-state index in [0.29, 0.717) is 55.8 Å². The molecular weight excluding hydrogens is 499 g/mol. The molecule has 3 heterocycles. The lowest BCUT2D eigenvalue weighted by molar-refractivity contribution is -0.0740. The van der Waals surface area contributed by atoms with Crippen molar-refractivity contribution in [3.05, 3.63) is 63.4 Å². The normalized spacial score (nSPS) is 26.3. The van der Waals surface area contributed by atoms with E-state index in [4.69, 9.17) is 23.2 Å². The number of rotatable bonds is 4. The highest BCUT2D eigenvalue weighted by Crippen LogP contribution is 2.39. The lowest BCUT2D eigenvalue weighted by atomic mass is 9.82. The minimum Gasteiger partial charge on any atom is -0.393 e. The van der Waals surface area contributed by atoms with E-state index in [1.165, 1.54) is 12.1 Å². The number of benzene rings is 2. The Kier molecular flexibility index (Phi) is 6.47. The van der Waals surface area contributed by atoms with Gasteiger partial charge in [-0.05, 0) is 42.7 Å². The third kappa shape index (κ3) is 4.51. The molecule has 35 heavy (non-hydrogen) atoms. The number of amides is 1. The lowest BCUT2D eigenvalue weighted by Crippen LogP contribution is -2.61. The highest BCUT2D eigenvalue weighted by Gasteiger charge is 2.45. The van der Waals surface area contributed by atoms with Gasteiger partial charge in [0.25, 0.3) is 5.91 Å². The molecule has 0 spiro atoms. The van der Waals surface area contributed by atoms with Gasteiger partial charge in [-0.2, -0.15) is 0 Å². The molecule has 0 aromatic heterocycles. The highest BCUT2D eigenvalue weighted by molar-refractivity contribution is 6.36. The molecule has 1 amide bonds. The molecule has 2 N–H and O–H groups in total. The first-order valence-corrected chi connectivity index (χ1v) is 12.4. The summed E-state index contributed by atoms with van der Waals surface area (Å²) in [7, 11) is 0. The third-order valence-electron chi connectivity index (χ3n) is 7.49. The van der Waals surface area contributed by atoms with Crippen molar-refractivity contribution in [2.24, 2.45) is 0 Å². The van der Waals surface area contributed by atoms with Gasteiger partial charge in [-0.3, -0.25) is 9.69 Å². The van der Waals surface area contributed by atoms with Gasteiger partial charge < -0.3 is 20.0 Å². The van der Waals surface area contributed by atoms with Crippen LogP contribution in [0.3, 0.4) is 0 Å². The largest absolute Gasteiger partial charge is 0.393 e. The second-order valence-electron chi connectivity index (χ2n) is 9.88. The molecule has 5 rings (SSSR count). The van der Waals surface area contributed by atoms with Crippen molar-refractivity contribution in [3.8, 4) is 0 Å². The van der Waals surface area contributed by atoms with E-state index in [1.54, 1.807) is 34.1 Å². The Morgan fingerprint density at radius 3 is 2.63 bits per heavy atom. The van der Waals surface area contributed by atoms with Crippen LogP contribution >= 0.6 is 23.2 Å². The van der Waals surface area contributed by atoms with Gasteiger partial charge in [-0.15, -0.1) is 0 Å². The highest BCUT2D eigenvalue weighted by atomic mass is 35.5. The molecular formula is C25H27Cl2F2N3O3. The average Bonchev–Trinajstić information content (AvgIpc) is 2.83. The molecule has 0 aliphatic carbocycles. The van der Waals surface area contributed by atoms with Crippen molar-refractivity contribution < 1.29 is 23.8 Å². The summed E-state index contributed by atoms with van der Waals surface area (Å²) < 4.78 is 27.7. The number of carbonyl (C=O) groups is 1. The van der Waals surface area contributed by atoms with E-state index in [0.717, 1.165) is 0 Å². The van der Waals surface area contributed by atoms with Crippen LogP contribution in [0.5, 0.6) is 0 Å². The van der Waals surface area contributed by atoms with Crippen LogP contribution in [0.25, 0.3) is 0 Å². The quantitative estimate of drug-likeness (QED) is 0.639. The first-order valence-electron chi connectivity index (χ1n) is 11.7. The number of hydrogen-bond donors (Lipinski definition) is 2. The third-order valence-corrected chi connectivity index (χ3v) is 8.17. The summed E-state index contributed by atoms with van der Waals surface area (Å²) in [4.78, 5) is 19.0. The van der Waals surface area contributed by atoms with Crippen molar-refractivity contribution in [2.75, 3.05) is 50.8 Å². The van der Waals surface area contributed by atoms with E-state index in [1.807, 2.05) is 0 Å². The van der Waals surface area contributed by atoms with Crippen LogP contribution in [-0.4, -0.2) is 83.5 Å². The van der Waals surface area contributed by atoms with Crippen molar-refractivity contribution in [1.29, 1.82) is 0 Å². The summed E-state index contributed by atoms with van der Waals surface area (Å²) in [6, 6.07) is 9.56. The summed E-state index contributed by atoms with van der Waals surface area (Å²) in [6.45, 7) is 1.45. The average molecular weight is 526 g/mol. The SMILES string of the molecule is O=C(c1cccc(N2CC(F)(CO)C2)c1Cl)N1CCN2C[C@@](O)(c3ccc(F)c(Cl)c3)CC[C@@H]2C1. The van der Waals surface area contributed by atoms with E-state index >= 15 is 0 Å². The van der Waals surface area contributed by atoms with Crippen LogP contribution < -0.4 is 4.90 Å². The van der Waals surface area contributed by atoms with Crippen molar-refractivity contribution in [3.63, 3.8) is 0 Å². The van der Waals surface area contributed by atoms with E-state index in [2.05, 4.69) is 4.90 Å². The number of nitrogens with zero attached hydrogens (tertiary/aromatic N) is 3. The molecule has 2 aromatic rings. The molecule has 2 aromatic carbocycles. The minimum absolute atomic E-state index is 0.0145. The number of piperidine rings is 1. The molecule has 0 saturated carbocycles. The Balaban J connectivity index is 1.26. The first-order chi connectivity index (χ1) is 16.6. The molecule has 10 heteroatoms. The number of piperazine rings is 1. The van der Waals surface area contributed by atoms with E-state index < -0.39 is 23.7 Å². The predicted molar refractivity (Wildman–Crippen MR) is 130 cm³/mol. The number of aliphatic hydroxyl groups is 2. The van der Waals surface area contributed by atoms with Crippen LogP contribution in [-0.2, 0) is 5.60 Å². The van der Waals surface area contributed by atoms with Gasteiger partial charge >= 0.3 is 0 Å². The number of aliphatic hydroxyl groups excluding tert-OH is 1. The molecule has 3 aliphatic heterocycles. The smallest absolute Gasteiger partial charge is 0.255 e. The molecule has 6 nitrogen and oxygen atoms in total. The first kappa shape index (κ1) is 24.7. The van der Waals surface area contributed by atoms with Gasteiger partial charge in [0, 0.05) is 32.2 Å².